The lowest BCUT2D eigenvalue weighted by Gasteiger charge is -2.03. The van der Waals surface area contributed by atoms with Crippen LogP contribution in [-0.4, -0.2) is 10.7 Å². The van der Waals surface area contributed by atoms with Crippen molar-refractivity contribution in [1.29, 1.82) is 0 Å². The van der Waals surface area contributed by atoms with Crippen molar-refractivity contribution in [3.63, 3.8) is 0 Å². The van der Waals surface area contributed by atoms with E-state index in [2.05, 4.69) is 0 Å². The maximum absolute atomic E-state index is 11.4. The molecule has 0 fully saturated rings. The van der Waals surface area contributed by atoms with Crippen molar-refractivity contribution < 1.29 is 4.79 Å². The second kappa shape index (κ2) is 4.56. The fourth-order valence-corrected chi connectivity index (χ4v) is 2.55. The van der Waals surface area contributed by atoms with Gasteiger partial charge in [-0.2, -0.15) is 0 Å². The number of aryl methyl sites for hydroxylation is 1. The number of pyridine rings is 1. The lowest BCUT2D eigenvalue weighted by atomic mass is 10.1. The molecule has 0 amide bonds. The minimum absolute atomic E-state index is 0.631. The molecule has 1 aromatic carbocycles. The van der Waals surface area contributed by atoms with E-state index >= 15 is 0 Å². The SMILES string of the molecule is Cc1ccc2cc(-c3ccccc3Cl)c(C=O)n2c1. The van der Waals surface area contributed by atoms with Crippen LogP contribution in [0.1, 0.15) is 16.1 Å². The highest BCUT2D eigenvalue weighted by Crippen LogP contribution is 2.32. The quantitative estimate of drug-likeness (QED) is 0.633. The molecule has 3 rings (SSSR count). The lowest BCUT2D eigenvalue weighted by Crippen LogP contribution is -1.93. The average molecular weight is 270 g/mol. The second-order valence-electron chi connectivity index (χ2n) is 4.54. The van der Waals surface area contributed by atoms with Gasteiger partial charge in [0, 0.05) is 27.9 Å². The molecule has 0 atom stereocenters. The molecule has 2 heterocycles. The first-order valence-electron chi connectivity index (χ1n) is 6.02. The van der Waals surface area contributed by atoms with Crippen molar-refractivity contribution in [2.45, 2.75) is 6.92 Å². The first-order chi connectivity index (χ1) is 9.20. The predicted octanol–water partition coefficient (Wildman–Crippen LogP) is 4.38. The molecule has 2 nitrogen and oxygen atoms in total. The van der Waals surface area contributed by atoms with E-state index in [9.17, 15) is 4.79 Å². The van der Waals surface area contributed by atoms with Crippen LogP contribution in [0, 0.1) is 6.92 Å². The fourth-order valence-electron chi connectivity index (χ4n) is 2.31. The Bertz CT molecular complexity index is 774. The highest BCUT2D eigenvalue weighted by Gasteiger charge is 2.13. The van der Waals surface area contributed by atoms with E-state index in [0.717, 1.165) is 28.5 Å². The summed E-state index contributed by atoms with van der Waals surface area (Å²) in [5.74, 6) is 0. The molecule has 0 saturated heterocycles. The fraction of sp³-hybridized carbons (Fsp3) is 0.0625. The minimum Gasteiger partial charge on any atom is -0.313 e. The first kappa shape index (κ1) is 12.0. The summed E-state index contributed by atoms with van der Waals surface area (Å²) >= 11 is 6.22. The van der Waals surface area contributed by atoms with Gasteiger partial charge in [-0.15, -0.1) is 0 Å². The summed E-state index contributed by atoms with van der Waals surface area (Å²) < 4.78 is 1.90. The van der Waals surface area contributed by atoms with Crippen LogP contribution in [0.25, 0.3) is 16.6 Å². The van der Waals surface area contributed by atoms with E-state index in [0.29, 0.717) is 10.7 Å². The van der Waals surface area contributed by atoms with Gasteiger partial charge in [0.25, 0.3) is 0 Å². The summed E-state index contributed by atoms with van der Waals surface area (Å²) in [5.41, 5.74) is 4.48. The number of fused-ring (bicyclic) bond motifs is 1. The topological polar surface area (TPSA) is 21.5 Å². The van der Waals surface area contributed by atoms with Crippen molar-refractivity contribution in [1.82, 2.24) is 4.40 Å². The second-order valence-corrected chi connectivity index (χ2v) is 4.95. The Morgan fingerprint density at radius 2 is 1.89 bits per heavy atom. The summed E-state index contributed by atoms with van der Waals surface area (Å²) in [6.07, 6.45) is 2.84. The van der Waals surface area contributed by atoms with Gasteiger partial charge in [0.2, 0.25) is 0 Å². The molecule has 3 aromatic rings. The molecule has 94 valence electrons. The summed E-state index contributed by atoms with van der Waals surface area (Å²) in [4.78, 5) is 11.4. The predicted molar refractivity (Wildman–Crippen MR) is 78.0 cm³/mol. The van der Waals surface area contributed by atoms with Crippen molar-refractivity contribution >= 4 is 23.4 Å². The van der Waals surface area contributed by atoms with E-state index in [1.165, 1.54) is 0 Å². The summed E-state index contributed by atoms with van der Waals surface area (Å²) in [6.45, 7) is 2.00. The van der Waals surface area contributed by atoms with Gasteiger partial charge in [-0.05, 0) is 30.7 Å². The number of hydrogen-bond acceptors (Lipinski definition) is 1. The molecule has 0 aliphatic carbocycles. The molecule has 2 aromatic heterocycles. The molecule has 0 N–H and O–H groups in total. The highest BCUT2D eigenvalue weighted by molar-refractivity contribution is 6.33. The zero-order chi connectivity index (χ0) is 13.4. The molecular weight excluding hydrogens is 258 g/mol. The van der Waals surface area contributed by atoms with E-state index in [-0.39, 0.29) is 0 Å². The minimum atomic E-state index is 0.631. The van der Waals surface area contributed by atoms with Crippen LogP contribution in [0.15, 0.2) is 48.7 Å². The largest absolute Gasteiger partial charge is 0.313 e. The zero-order valence-corrected chi connectivity index (χ0v) is 11.2. The number of carbonyl (C=O) groups excluding carboxylic acids is 1. The average Bonchev–Trinajstić information content (AvgIpc) is 2.76. The molecule has 0 aliphatic rings. The van der Waals surface area contributed by atoms with Gasteiger partial charge in [-0.25, -0.2) is 0 Å². The smallest absolute Gasteiger partial charge is 0.167 e. The van der Waals surface area contributed by atoms with Crippen LogP contribution in [0.4, 0.5) is 0 Å². The third-order valence-corrected chi connectivity index (χ3v) is 3.56. The molecule has 0 unspecified atom stereocenters. The van der Waals surface area contributed by atoms with E-state index in [1.807, 2.05) is 60.0 Å². The van der Waals surface area contributed by atoms with E-state index in [4.69, 9.17) is 11.6 Å². The molecule has 0 spiro atoms. The third kappa shape index (κ3) is 1.94. The van der Waals surface area contributed by atoms with Gasteiger partial charge in [0.05, 0.1) is 5.69 Å². The van der Waals surface area contributed by atoms with Crippen LogP contribution >= 0.6 is 11.6 Å². The molecule has 0 radical (unpaired) electrons. The maximum Gasteiger partial charge on any atom is 0.167 e. The van der Waals surface area contributed by atoms with Crippen molar-refractivity contribution in [2.24, 2.45) is 0 Å². The van der Waals surface area contributed by atoms with E-state index in [1.54, 1.807) is 0 Å². The summed E-state index contributed by atoms with van der Waals surface area (Å²) in [5, 5.41) is 0.651. The Hall–Kier alpha value is -2.06. The Morgan fingerprint density at radius 3 is 2.63 bits per heavy atom. The zero-order valence-electron chi connectivity index (χ0n) is 10.4. The van der Waals surface area contributed by atoms with Gasteiger partial charge in [-0.1, -0.05) is 35.9 Å². The Labute approximate surface area is 116 Å². The van der Waals surface area contributed by atoms with Gasteiger partial charge in [0.1, 0.15) is 0 Å². The Kier molecular flexibility index (Phi) is 2.88. The number of aromatic nitrogens is 1. The Morgan fingerprint density at radius 1 is 1.11 bits per heavy atom. The number of rotatable bonds is 2. The number of nitrogens with zero attached hydrogens (tertiary/aromatic N) is 1. The van der Waals surface area contributed by atoms with Gasteiger partial charge < -0.3 is 4.40 Å². The highest BCUT2D eigenvalue weighted by atomic mass is 35.5. The van der Waals surface area contributed by atoms with Crippen molar-refractivity contribution in [3.8, 4) is 11.1 Å². The first-order valence-corrected chi connectivity index (χ1v) is 6.40. The van der Waals surface area contributed by atoms with Crippen LogP contribution < -0.4 is 0 Å². The normalized spacial score (nSPS) is 10.8. The molecule has 3 heteroatoms. The molecular formula is C16H12ClNO. The van der Waals surface area contributed by atoms with Crippen LogP contribution in [0.3, 0.4) is 0 Å². The van der Waals surface area contributed by atoms with Crippen molar-refractivity contribution in [3.05, 3.63) is 64.9 Å². The van der Waals surface area contributed by atoms with E-state index < -0.39 is 0 Å². The van der Waals surface area contributed by atoms with Crippen LogP contribution in [0.5, 0.6) is 0 Å². The van der Waals surface area contributed by atoms with Crippen LogP contribution in [0.2, 0.25) is 5.02 Å². The Balaban J connectivity index is 2.36. The van der Waals surface area contributed by atoms with Gasteiger partial charge in [-0.3, -0.25) is 4.79 Å². The van der Waals surface area contributed by atoms with Gasteiger partial charge >= 0.3 is 0 Å². The number of halogens is 1. The summed E-state index contributed by atoms with van der Waals surface area (Å²) in [6, 6.07) is 13.6. The number of benzene rings is 1. The molecule has 0 aliphatic heterocycles. The van der Waals surface area contributed by atoms with Crippen molar-refractivity contribution in [2.75, 3.05) is 0 Å². The van der Waals surface area contributed by atoms with Gasteiger partial charge in [0.15, 0.2) is 6.29 Å². The monoisotopic (exact) mass is 269 g/mol. The number of carbonyl (C=O) groups is 1. The molecule has 0 bridgehead atoms. The van der Waals surface area contributed by atoms with Crippen LogP contribution in [-0.2, 0) is 0 Å². The number of aldehydes is 1. The molecule has 0 saturated carbocycles. The maximum atomic E-state index is 11.4. The lowest BCUT2D eigenvalue weighted by molar-refractivity contribution is 0.111. The summed E-state index contributed by atoms with van der Waals surface area (Å²) in [7, 11) is 0. The number of hydrogen-bond donors (Lipinski definition) is 0. The third-order valence-electron chi connectivity index (χ3n) is 3.23. The standard InChI is InChI=1S/C16H12ClNO/c1-11-6-7-12-8-14(16(10-19)18(12)9-11)13-4-2-3-5-15(13)17/h2-10H,1H3. The molecule has 19 heavy (non-hydrogen) atoms.